The Hall–Kier alpha value is 0.260. The number of thioether (sulfide) groups is 2. The fraction of sp³-hybridized carbons (Fsp3) is 0.846. The average Bonchev–Trinajstić information content (AvgIpc) is 2.53. The van der Waals surface area contributed by atoms with E-state index in [1.807, 2.05) is 11.8 Å². The van der Waals surface area contributed by atoms with Crippen molar-refractivity contribution >= 4 is 23.5 Å². The Balaban J connectivity index is 2.30. The summed E-state index contributed by atoms with van der Waals surface area (Å²) in [6.45, 7) is 4.94. The van der Waals surface area contributed by atoms with Crippen LogP contribution in [0.1, 0.15) is 33.1 Å². The second-order valence-electron chi connectivity index (χ2n) is 5.51. The van der Waals surface area contributed by atoms with E-state index >= 15 is 0 Å². The van der Waals surface area contributed by atoms with Gasteiger partial charge >= 0.3 is 0 Å². The second kappa shape index (κ2) is 3.93. The number of rotatable bonds is 3. The number of fused-ring (bicyclic) bond motifs is 2. The monoisotopic (exact) mass is 240 g/mol. The van der Waals surface area contributed by atoms with E-state index < -0.39 is 0 Å². The fourth-order valence-electron chi connectivity index (χ4n) is 3.85. The molecule has 0 aromatic carbocycles. The highest BCUT2D eigenvalue weighted by molar-refractivity contribution is 8.04. The Labute approximate surface area is 102 Å². The lowest BCUT2D eigenvalue weighted by atomic mass is 9.70. The average molecular weight is 240 g/mol. The predicted octanol–water partition coefficient (Wildman–Crippen LogP) is 3.87. The van der Waals surface area contributed by atoms with Gasteiger partial charge in [-0.05, 0) is 47.5 Å². The van der Waals surface area contributed by atoms with E-state index in [0.29, 0.717) is 16.1 Å². The summed E-state index contributed by atoms with van der Waals surface area (Å²) < 4.78 is 0. The van der Waals surface area contributed by atoms with Gasteiger partial charge in [-0.25, -0.2) is 0 Å². The Morgan fingerprint density at radius 3 is 2.73 bits per heavy atom. The molecule has 2 aliphatic rings. The van der Waals surface area contributed by atoms with E-state index in [-0.39, 0.29) is 0 Å². The van der Waals surface area contributed by atoms with Gasteiger partial charge < -0.3 is 0 Å². The number of terminal acetylenes is 1. The molecule has 0 spiro atoms. The van der Waals surface area contributed by atoms with Gasteiger partial charge in [-0.3, -0.25) is 0 Å². The Bertz CT molecular complexity index is 289. The summed E-state index contributed by atoms with van der Waals surface area (Å²) in [6.07, 6.45) is 11.9. The third-order valence-electron chi connectivity index (χ3n) is 4.97. The molecular formula is C13H20S2. The molecule has 3 atom stereocenters. The van der Waals surface area contributed by atoms with Crippen LogP contribution in [0.5, 0.6) is 0 Å². The molecule has 2 saturated carbocycles. The van der Waals surface area contributed by atoms with Gasteiger partial charge in [0.15, 0.2) is 0 Å². The molecule has 0 N–H and O–H groups in total. The zero-order valence-corrected chi connectivity index (χ0v) is 11.5. The topological polar surface area (TPSA) is 0 Å². The Kier molecular flexibility index (Phi) is 3.07. The van der Waals surface area contributed by atoms with Crippen LogP contribution < -0.4 is 0 Å². The number of hydrogen-bond donors (Lipinski definition) is 0. The van der Waals surface area contributed by atoms with E-state index in [9.17, 15) is 0 Å². The molecule has 0 nitrogen and oxygen atoms in total. The normalized spacial score (nSPS) is 41.7. The van der Waals surface area contributed by atoms with Crippen molar-refractivity contribution in [3.8, 4) is 11.7 Å². The van der Waals surface area contributed by atoms with Crippen LogP contribution >= 0.6 is 23.5 Å². The maximum Gasteiger partial charge on any atom is 0.0243 e. The van der Waals surface area contributed by atoms with Crippen LogP contribution in [0.25, 0.3) is 0 Å². The maximum absolute atomic E-state index is 5.49. The Morgan fingerprint density at radius 1 is 1.47 bits per heavy atom. The van der Waals surface area contributed by atoms with E-state index in [0.717, 1.165) is 5.92 Å². The van der Waals surface area contributed by atoms with Crippen molar-refractivity contribution in [1.29, 1.82) is 0 Å². The van der Waals surface area contributed by atoms with Gasteiger partial charge in [0.25, 0.3) is 0 Å². The molecule has 2 rings (SSSR count). The van der Waals surface area contributed by atoms with Crippen LogP contribution in [0.3, 0.4) is 0 Å². The first-order chi connectivity index (χ1) is 7.08. The molecule has 2 fully saturated rings. The smallest absolute Gasteiger partial charge is 0.0243 e. The van der Waals surface area contributed by atoms with Gasteiger partial charge in [0.1, 0.15) is 0 Å². The van der Waals surface area contributed by atoms with Crippen LogP contribution in [0, 0.1) is 28.4 Å². The molecule has 15 heavy (non-hydrogen) atoms. The first kappa shape index (κ1) is 11.7. The molecule has 2 heteroatoms. The van der Waals surface area contributed by atoms with Crippen LogP contribution in [0.2, 0.25) is 0 Å². The molecule has 0 unspecified atom stereocenters. The Morgan fingerprint density at radius 2 is 2.20 bits per heavy atom. The van der Waals surface area contributed by atoms with Crippen molar-refractivity contribution in [2.45, 2.75) is 38.4 Å². The minimum Gasteiger partial charge on any atom is -0.165 e. The van der Waals surface area contributed by atoms with Crippen LogP contribution in [-0.4, -0.2) is 17.3 Å². The van der Waals surface area contributed by atoms with Gasteiger partial charge in [0.2, 0.25) is 0 Å². The largest absolute Gasteiger partial charge is 0.165 e. The fourth-order valence-corrected chi connectivity index (χ4v) is 6.41. The predicted molar refractivity (Wildman–Crippen MR) is 72.1 cm³/mol. The van der Waals surface area contributed by atoms with Crippen molar-refractivity contribution in [3.05, 3.63) is 0 Å². The molecule has 0 aromatic rings. The minimum atomic E-state index is 0.504. The van der Waals surface area contributed by atoms with E-state index in [1.54, 1.807) is 11.8 Å². The minimum absolute atomic E-state index is 0.504. The maximum atomic E-state index is 5.49. The molecule has 0 aliphatic heterocycles. The molecule has 84 valence electrons. The molecule has 0 radical (unpaired) electrons. The lowest BCUT2D eigenvalue weighted by Gasteiger charge is -2.41. The standard InChI is InChI=1S/C13H20S2/c1-5-15-11-8-10-6-7-13(11,9-14-4)12(10,2)3/h1,10-11H,6-9H2,2-4H3/t10-,11-,13-/m1/s1. The SMILES string of the molecule is C#CS[C@@H]1C[C@H]2CC[C@]1(CSC)C2(C)C. The van der Waals surface area contributed by atoms with Crippen molar-refractivity contribution in [2.75, 3.05) is 12.0 Å². The molecule has 2 aliphatic carbocycles. The van der Waals surface area contributed by atoms with Crippen molar-refractivity contribution in [3.63, 3.8) is 0 Å². The summed E-state index contributed by atoms with van der Waals surface area (Å²) in [4.78, 5) is 0. The zero-order chi connectivity index (χ0) is 11.1. The molecule has 2 bridgehead atoms. The first-order valence-corrected chi connectivity index (χ1v) is 7.96. The quantitative estimate of drug-likeness (QED) is 0.687. The third-order valence-corrected chi connectivity index (χ3v) is 6.84. The first-order valence-electron chi connectivity index (χ1n) is 5.68. The van der Waals surface area contributed by atoms with Gasteiger partial charge in [0.05, 0.1) is 0 Å². The molecule has 0 saturated heterocycles. The van der Waals surface area contributed by atoms with Crippen molar-refractivity contribution < 1.29 is 0 Å². The van der Waals surface area contributed by atoms with E-state index in [4.69, 9.17) is 6.42 Å². The lowest BCUT2D eigenvalue weighted by Crippen LogP contribution is -2.39. The molecule has 0 amide bonds. The van der Waals surface area contributed by atoms with Crippen LogP contribution in [0.15, 0.2) is 0 Å². The highest BCUT2D eigenvalue weighted by atomic mass is 32.2. The second-order valence-corrected chi connectivity index (χ2v) is 7.41. The number of hydrogen-bond acceptors (Lipinski definition) is 2. The van der Waals surface area contributed by atoms with Gasteiger partial charge in [0, 0.05) is 11.0 Å². The zero-order valence-electron chi connectivity index (χ0n) is 9.88. The van der Waals surface area contributed by atoms with Crippen molar-refractivity contribution in [2.24, 2.45) is 16.7 Å². The van der Waals surface area contributed by atoms with E-state index in [2.05, 4.69) is 25.4 Å². The highest BCUT2D eigenvalue weighted by Gasteiger charge is 2.63. The van der Waals surface area contributed by atoms with Crippen molar-refractivity contribution in [1.82, 2.24) is 0 Å². The summed E-state index contributed by atoms with van der Waals surface area (Å²) in [5.74, 6) is 2.20. The van der Waals surface area contributed by atoms with Crippen LogP contribution in [0.4, 0.5) is 0 Å². The summed E-state index contributed by atoms with van der Waals surface area (Å²) in [7, 11) is 0. The molecular weight excluding hydrogens is 220 g/mol. The lowest BCUT2D eigenvalue weighted by molar-refractivity contribution is 0.162. The highest BCUT2D eigenvalue weighted by Crippen LogP contribution is 2.69. The molecule has 0 heterocycles. The summed E-state index contributed by atoms with van der Waals surface area (Å²) in [5.41, 5.74) is 1.01. The summed E-state index contributed by atoms with van der Waals surface area (Å²) in [5, 5.41) is 3.53. The third kappa shape index (κ3) is 1.46. The van der Waals surface area contributed by atoms with Gasteiger partial charge in [-0.1, -0.05) is 25.6 Å². The molecule has 0 aromatic heterocycles. The van der Waals surface area contributed by atoms with Gasteiger partial charge in [-0.15, -0.1) is 6.42 Å². The summed E-state index contributed by atoms with van der Waals surface area (Å²) in [6, 6.07) is 0. The van der Waals surface area contributed by atoms with Crippen LogP contribution in [-0.2, 0) is 0 Å². The van der Waals surface area contributed by atoms with Gasteiger partial charge in [-0.2, -0.15) is 11.8 Å². The summed E-state index contributed by atoms with van der Waals surface area (Å²) >= 11 is 3.76. The van der Waals surface area contributed by atoms with E-state index in [1.165, 1.54) is 25.0 Å².